The average Bonchev–Trinajstić information content (AvgIpc) is 2.90. The molecule has 0 unspecified atom stereocenters. The van der Waals surface area contributed by atoms with E-state index in [2.05, 4.69) is 9.71 Å². The third kappa shape index (κ3) is 3.35. The van der Waals surface area contributed by atoms with Crippen molar-refractivity contribution in [3.63, 3.8) is 0 Å². The second-order valence-electron chi connectivity index (χ2n) is 3.72. The van der Waals surface area contributed by atoms with Gasteiger partial charge in [-0.3, -0.25) is 4.98 Å². The largest absolute Gasteiger partial charge is 0.392 e. The van der Waals surface area contributed by atoms with Gasteiger partial charge in [0.2, 0.25) is 10.0 Å². The fraction of sp³-hybridized carbons (Fsp3) is 0.182. The van der Waals surface area contributed by atoms with Crippen LogP contribution in [0.2, 0.25) is 0 Å². The van der Waals surface area contributed by atoms with Crippen molar-refractivity contribution in [2.45, 2.75) is 18.0 Å². The van der Waals surface area contributed by atoms with E-state index in [-0.39, 0.29) is 13.2 Å². The van der Waals surface area contributed by atoms with Gasteiger partial charge in [-0.1, -0.05) is 6.07 Å². The predicted molar refractivity (Wildman–Crippen MR) is 68.5 cm³/mol. The van der Waals surface area contributed by atoms with Crippen LogP contribution >= 0.6 is 11.3 Å². The molecule has 8 heteroatoms. The number of nitrogens with one attached hydrogen (secondary N) is 1. The minimum absolute atomic E-state index is 0.0514. The number of rotatable bonds is 5. The maximum absolute atomic E-state index is 13.6. The van der Waals surface area contributed by atoms with Gasteiger partial charge < -0.3 is 5.11 Å². The molecule has 1 aromatic heterocycles. The van der Waals surface area contributed by atoms with Crippen molar-refractivity contribution in [1.82, 2.24) is 9.71 Å². The second-order valence-corrected chi connectivity index (χ2v) is 6.42. The molecule has 0 saturated carbocycles. The van der Waals surface area contributed by atoms with Crippen molar-refractivity contribution in [3.05, 3.63) is 46.2 Å². The van der Waals surface area contributed by atoms with Crippen molar-refractivity contribution in [2.75, 3.05) is 0 Å². The Labute approximate surface area is 113 Å². The average molecular weight is 302 g/mol. The van der Waals surface area contributed by atoms with Gasteiger partial charge in [-0.15, -0.1) is 11.3 Å². The molecule has 0 aliphatic heterocycles. The molecule has 2 rings (SSSR count). The van der Waals surface area contributed by atoms with Crippen LogP contribution in [-0.4, -0.2) is 18.5 Å². The van der Waals surface area contributed by atoms with Gasteiger partial charge in [0.05, 0.1) is 12.1 Å². The molecule has 0 bridgehead atoms. The summed E-state index contributed by atoms with van der Waals surface area (Å²) >= 11 is 1.30. The van der Waals surface area contributed by atoms with Crippen molar-refractivity contribution < 1.29 is 17.9 Å². The van der Waals surface area contributed by atoms with Gasteiger partial charge in [-0.25, -0.2) is 17.5 Å². The zero-order chi connectivity index (χ0) is 13.9. The molecule has 0 radical (unpaired) electrons. The Morgan fingerprint density at radius 2 is 2.21 bits per heavy atom. The lowest BCUT2D eigenvalue weighted by atomic mass is 10.2. The van der Waals surface area contributed by atoms with Gasteiger partial charge in [0.25, 0.3) is 0 Å². The second kappa shape index (κ2) is 5.74. The summed E-state index contributed by atoms with van der Waals surface area (Å²) in [4.78, 5) is 4.07. The summed E-state index contributed by atoms with van der Waals surface area (Å²) in [6.45, 7) is -0.298. The summed E-state index contributed by atoms with van der Waals surface area (Å²) in [6, 6.07) is 3.47. The molecule has 19 heavy (non-hydrogen) atoms. The van der Waals surface area contributed by atoms with Crippen LogP contribution in [0.5, 0.6) is 0 Å². The highest BCUT2D eigenvalue weighted by Gasteiger charge is 2.19. The van der Waals surface area contributed by atoms with Crippen LogP contribution in [0.1, 0.15) is 10.4 Å². The molecule has 2 N–H and O–H groups in total. The van der Waals surface area contributed by atoms with Crippen LogP contribution in [-0.2, 0) is 23.2 Å². The number of hydrogen-bond acceptors (Lipinski definition) is 5. The predicted octanol–water partition coefficient (Wildman–Crippen LogP) is 1.25. The molecule has 0 aliphatic rings. The van der Waals surface area contributed by atoms with E-state index >= 15 is 0 Å². The van der Waals surface area contributed by atoms with E-state index in [9.17, 15) is 12.8 Å². The Morgan fingerprint density at radius 3 is 2.84 bits per heavy atom. The number of nitrogens with zero attached hydrogens (tertiary/aromatic N) is 1. The number of aliphatic hydroxyl groups excluding tert-OH is 1. The molecule has 2 aromatic rings. The van der Waals surface area contributed by atoms with Crippen molar-refractivity contribution in [3.8, 4) is 0 Å². The summed E-state index contributed by atoms with van der Waals surface area (Å²) in [5, 5.41) is 8.95. The van der Waals surface area contributed by atoms with E-state index in [0.29, 0.717) is 5.56 Å². The fourth-order valence-electron chi connectivity index (χ4n) is 1.43. The molecule has 0 spiro atoms. The highest BCUT2D eigenvalue weighted by molar-refractivity contribution is 7.89. The third-order valence-electron chi connectivity index (χ3n) is 2.39. The Kier molecular flexibility index (Phi) is 4.25. The molecule has 102 valence electrons. The summed E-state index contributed by atoms with van der Waals surface area (Å²) in [5.41, 5.74) is 1.91. The number of benzene rings is 1. The molecular weight excluding hydrogens is 291 g/mol. The highest BCUT2D eigenvalue weighted by Crippen LogP contribution is 2.17. The molecule has 0 atom stereocenters. The number of thiazole rings is 1. The Hall–Kier alpha value is -1.35. The summed E-state index contributed by atoms with van der Waals surface area (Å²) in [6.07, 6.45) is 1.54. The number of hydrogen-bond donors (Lipinski definition) is 2. The first-order valence-electron chi connectivity index (χ1n) is 5.29. The molecule has 1 aromatic carbocycles. The Balaban J connectivity index is 2.23. The third-order valence-corrected chi connectivity index (χ3v) is 4.58. The summed E-state index contributed by atoms with van der Waals surface area (Å²) in [7, 11) is -3.96. The van der Waals surface area contributed by atoms with Crippen molar-refractivity contribution >= 4 is 21.4 Å². The quantitative estimate of drug-likeness (QED) is 0.871. The smallest absolute Gasteiger partial charge is 0.243 e. The van der Waals surface area contributed by atoms with Gasteiger partial charge in [-0.05, 0) is 17.7 Å². The van der Waals surface area contributed by atoms with E-state index in [0.717, 1.165) is 17.0 Å². The zero-order valence-corrected chi connectivity index (χ0v) is 11.3. The SMILES string of the molecule is O=S(=O)(NCc1cncs1)c1cc(CO)ccc1F. The molecule has 0 aliphatic carbocycles. The topological polar surface area (TPSA) is 79.3 Å². The minimum Gasteiger partial charge on any atom is -0.392 e. The monoisotopic (exact) mass is 302 g/mol. The maximum atomic E-state index is 13.6. The fourth-order valence-corrected chi connectivity index (χ4v) is 3.18. The first-order valence-corrected chi connectivity index (χ1v) is 7.65. The lowest BCUT2D eigenvalue weighted by Crippen LogP contribution is -2.24. The molecule has 1 heterocycles. The summed E-state index contributed by atoms with van der Waals surface area (Å²) < 4.78 is 39.8. The van der Waals surface area contributed by atoms with Gasteiger partial charge in [0.1, 0.15) is 10.7 Å². The van der Waals surface area contributed by atoms with Crippen LogP contribution in [0.3, 0.4) is 0 Å². The van der Waals surface area contributed by atoms with Crippen molar-refractivity contribution in [2.24, 2.45) is 0 Å². The Bertz CT molecular complexity index is 657. The zero-order valence-electron chi connectivity index (χ0n) is 9.71. The van der Waals surface area contributed by atoms with Gasteiger partial charge in [0, 0.05) is 17.6 Å². The molecule has 5 nitrogen and oxygen atoms in total. The molecule has 0 fully saturated rings. The van der Waals surface area contributed by atoms with Gasteiger partial charge >= 0.3 is 0 Å². The number of sulfonamides is 1. The van der Waals surface area contributed by atoms with E-state index < -0.39 is 20.7 Å². The first kappa shape index (κ1) is 14.1. The lowest BCUT2D eigenvalue weighted by Gasteiger charge is -2.08. The first-order chi connectivity index (χ1) is 9.03. The highest BCUT2D eigenvalue weighted by atomic mass is 32.2. The summed E-state index contributed by atoms with van der Waals surface area (Å²) in [5.74, 6) is -0.853. The number of halogens is 1. The number of aromatic nitrogens is 1. The molecular formula is C11H11FN2O3S2. The van der Waals surface area contributed by atoms with Crippen LogP contribution in [0.25, 0.3) is 0 Å². The van der Waals surface area contributed by atoms with Crippen LogP contribution in [0, 0.1) is 5.82 Å². The van der Waals surface area contributed by atoms with Crippen molar-refractivity contribution in [1.29, 1.82) is 0 Å². The van der Waals surface area contributed by atoms with E-state index in [4.69, 9.17) is 5.11 Å². The number of aliphatic hydroxyl groups is 1. The standard InChI is InChI=1S/C11H11FN2O3S2/c12-10-2-1-8(6-15)3-11(10)19(16,17)14-5-9-4-13-7-18-9/h1-4,7,14-15H,5-6H2. The lowest BCUT2D eigenvalue weighted by molar-refractivity contribution is 0.281. The van der Waals surface area contributed by atoms with Crippen LogP contribution in [0.4, 0.5) is 4.39 Å². The normalized spacial score (nSPS) is 11.7. The van der Waals surface area contributed by atoms with E-state index in [1.165, 1.54) is 23.6 Å². The van der Waals surface area contributed by atoms with E-state index in [1.807, 2.05) is 0 Å². The minimum atomic E-state index is -3.96. The van der Waals surface area contributed by atoms with Gasteiger partial charge in [0.15, 0.2) is 0 Å². The van der Waals surface area contributed by atoms with Gasteiger partial charge in [-0.2, -0.15) is 0 Å². The van der Waals surface area contributed by atoms with E-state index in [1.54, 1.807) is 5.51 Å². The molecule has 0 saturated heterocycles. The Morgan fingerprint density at radius 1 is 1.42 bits per heavy atom. The molecule has 0 amide bonds. The van der Waals surface area contributed by atoms with Crippen LogP contribution in [0.15, 0.2) is 34.8 Å². The van der Waals surface area contributed by atoms with Crippen LogP contribution < -0.4 is 4.72 Å². The maximum Gasteiger partial charge on any atom is 0.243 e.